The Morgan fingerprint density at radius 3 is 2.31 bits per heavy atom. The third-order valence-corrected chi connectivity index (χ3v) is 6.62. The molecule has 0 spiro atoms. The summed E-state index contributed by atoms with van der Waals surface area (Å²) < 4.78 is 58.1. The van der Waals surface area contributed by atoms with Crippen molar-refractivity contribution in [1.29, 1.82) is 0 Å². The number of hydrogen-bond donors (Lipinski definition) is 0. The van der Waals surface area contributed by atoms with Crippen molar-refractivity contribution in [3.63, 3.8) is 0 Å². The molecule has 0 radical (unpaired) electrons. The Bertz CT molecular complexity index is 1280. The highest BCUT2D eigenvalue weighted by molar-refractivity contribution is 7.92. The average molecular weight is 480 g/mol. The molecule has 3 aromatic carbocycles. The van der Waals surface area contributed by atoms with E-state index in [1.54, 1.807) is 30.3 Å². The maximum atomic E-state index is 13.3. The number of nitrogens with zero attached hydrogens (tertiary/aromatic N) is 1. The number of esters is 1. The summed E-state index contributed by atoms with van der Waals surface area (Å²) in [4.78, 5) is 24.3. The van der Waals surface area contributed by atoms with E-state index < -0.39 is 40.0 Å². The van der Waals surface area contributed by atoms with Gasteiger partial charge in [0.25, 0.3) is 10.0 Å². The normalized spacial score (nSPS) is 11.1. The fraction of sp³-hybridized carbons (Fsp3) is 0.0909. The summed E-state index contributed by atoms with van der Waals surface area (Å²) in [6, 6.07) is 14.3. The molecule has 6 nitrogen and oxygen atoms in total. The van der Waals surface area contributed by atoms with E-state index in [1.165, 1.54) is 19.2 Å². The van der Waals surface area contributed by atoms with Crippen molar-refractivity contribution in [2.75, 3.05) is 18.0 Å². The topological polar surface area (TPSA) is 80.8 Å². The zero-order valence-electron chi connectivity index (χ0n) is 16.6. The van der Waals surface area contributed by atoms with Crippen LogP contribution in [0.5, 0.6) is 0 Å². The highest BCUT2D eigenvalue weighted by atomic mass is 35.5. The summed E-state index contributed by atoms with van der Waals surface area (Å²) in [5.74, 6) is -4.17. The summed E-state index contributed by atoms with van der Waals surface area (Å²) in [6.45, 7) is -0.777. The van der Waals surface area contributed by atoms with Gasteiger partial charge in [-0.2, -0.15) is 0 Å². The van der Waals surface area contributed by atoms with Gasteiger partial charge < -0.3 is 4.74 Å². The Morgan fingerprint density at radius 2 is 1.66 bits per heavy atom. The number of hydrogen-bond acceptors (Lipinski definition) is 5. The molecule has 0 aliphatic heterocycles. The van der Waals surface area contributed by atoms with E-state index in [0.717, 1.165) is 22.5 Å². The number of anilines is 1. The second-order valence-corrected chi connectivity index (χ2v) is 8.95. The molecule has 0 atom stereocenters. The molecule has 0 unspecified atom stereocenters. The lowest BCUT2D eigenvalue weighted by Crippen LogP contribution is -2.26. The Balaban J connectivity index is 1.79. The van der Waals surface area contributed by atoms with Crippen molar-refractivity contribution in [2.24, 2.45) is 0 Å². The highest BCUT2D eigenvalue weighted by Crippen LogP contribution is 2.26. The number of sulfonamides is 1. The molecule has 3 aromatic rings. The molecular formula is C22H16ClF2NO5S. The fourth-order valence-electron chi connectivity index (χ4n) is 2.72. The van der Waals surface area contributed by atoms with E-state index in [4.69, 9.17) is 16.3 Å². The summed E-state index contributed by atoms with van der Waals surface area (Å²) in [6.07, 6.45) is 0. The summed E-state index contributed by atoms with van der Waals surface area (Å²) in [5, 5.41) is -0.0865. The number of carbonyl (C=O) groups is 2. The number of ketones is 1. The summed E-state index contributed by atoms with van der Waals surface area (Å²) in [5.41, 5.74) is -0.0559. The van der Waals surface area contributed by atoms with Gasteiger partial charge >= 0.3 is 5.97 Å². The van der Waals surface area contributed by atoms with Gasteiger partial charge in [0.2, 0.25) is 0 Å². The van der Waals surface area contributed by atoms with Crippen LogP contribution in [-0.4, -0.2) is 33.8 Å². The number of Topliss-reactive ketones (excluding diaryl/α,β-unsaturated/α-hetero) is 1. The van der Waals surface area contributed by atoms with Gasteiger partial charge in [-0.15, -0.1) is 0 Å². The first-order valence-corrected chi connectivity index (χ1v) is 10.9. The smallest absolute Gasteiger partial charge is 0.340 e. The Labute approximate surface area is 188 Å². The van der Waals surface area contributed by atoms with Crippen molar-refractivity contribution >= 4 is 39.1 Å². The number of ether oxygens (including phenoxy) is 1. The van der Waals surface area contributed by atoms with Gasteiger partial charge in [0.1, 0.15) is 0 Å². The maximum absolute atomic E-state index is 13.3. The molecule has 0 aliphatic rings. The van der Waals surface area contributed by atoms with Crippen molar-refractivity contribution < 1.29 is 31.5 Å². The average Bonchev–Trinajstić information content (AvgIpc) is 2.79. The third kappa shape index (κ3) is 4.95. The van der Waals surface area contributed by atoms with E-state index >= 15 is 0 Å². The predicted octanol–water partition coefficient (Wildman–Crippen LogP) is 4.48. The van der Waals surface area contributed by atoms with Gasteiger partial charge in [-0.1, -0.05) is 29.8 Å². The molecule has 32 heavy (non-hydrogen) atoms. The maximum Gasteiger partial charge on any atom is 0.340 e. The quantitative estimate of drug-likeness (QED) is 0.368. The van der Waals surface area contributed by atoms with Crippen LogP contribution in [0.3, 0.4) is 0 Å². The molecule has 0 bridgehead atoms. The highest BCUT2D eigenvalue weighted by Gasteiger charge is 2.24. The molecule has 166 valence electrons. The second-order valence-electron chi connectivity index (χ2n) is 6.58. The van der Waals surface area contributed by atoms with Crippen LogP contribution in [0, 0.1) is 11.6 Å². The molecule has 0 saturated carbocycles. The molecule has 0 fully saturated rings. The number of halogens is 3. The molecular weight excluding hydrogens is 464 g/mol. The molecule has 0 aliphatic carbocycles. The zero-order chi connectivity index (χ0) is 23.5. The van der Waals surface area contributed by atoms with Crippen LogP contribution < -0.4 is 4.31 Å². The molecule has 0 saturated heterocycles. The van der Waals surface area contributed by atoms with Crippen LogP contribution in [-0.2, 0) is 14.8 Å². The monoisotopic (exact) mass is 479 g/mol. The minimum absolute atomic E-state index is 0.0865. The van der Waals surface area contributed by atoms with Gasteiger partial charge in [-0.05, 0) is 48.5 Å². The van der Waals surface area contributed by atoms with Crippen LogP contribution >= 0.6 is 11.6 Å². The Morgan fingerprint density at radius 1 is 0.969 bits per heavy atom. The summed E-state index contributed by atoms with van der Waals surface area (Å²) in [7, 11) is -2.67. The molecule has 0 heterocycles. The van der Waals surface area contributed by atoms with Gasteiger partial charge in [-0.25, -0.2) is 22.0 Å². The van der Waals surface area contributed by atoms with Gasteiger partial charge in [0.15, 0.2) is 24.0 Å². The van der Waals surface area contributed by atoms with E-state index in [0.29, 0.717) is 11.8 Å². The molecule has 10 heteroatoms. The first kappa shape index (κ1) is 23.4. The van der Waals surface area contributed by atoms with Crippen molar-refractivity contribution in [1.82, 2.24) is 0 Å². The first-order chi connectivity index (χ1) is 15.1. The first-order valence-electron chi connectivity index (χ1n) is 9.10. The molecule has 0 amide bonds. The summed E-state index contributed by atoms with van der Waals surface area (Å²) >= 11 is 6.02. The standard InChI is InChI=1S/C22H16ClF2NO5S/c1-26(15-5-3-2-4-6-15)32(29,30)16-8-9-18(23)17(12-16)22(28)31-13-21(27)14-7-10-19(24)20(25)11-14/h2-12H,13H2,1H3. The van der Waals surface area contributed by atoms with E-state index in [2.05, 4.69) is 0 Å². The Hall–Kier alpha value is -3.30. The minimum atomic E-state index is -4.03. The van der Waals surface area contributed by atoms with E-state index in [-0.39, 0.29) is 21.0 Å². The van der Waals surface area contributed by atoms with E-state index in [9.17, 15) is 26.8 Å². The number of benzene rings is 3. The Kier molecular flexibility index (Phi) is 6.90. The van der Waals surface area contributed by atoms with E-state index in [1.807, 2.05) is 0 Å². The van der Waals surface area contributed by atoms with Crippen LogP contribution in [0.2, 0.25) is 5.02 Å². The van der Waals surface area contributed by atoms with Crippen LogP contribution in [0.25, 0.3) is 0 Å². The predicted molar refractivity (Wildman–Crippen MR) is 114 cm³/mol. The molecule has 0 N–H and O–H groups in total. The number of rotatable bonds is 7. The van der Waals surface area contributed by atoms with Crippen LogP contribution in [0.4, 0.5) is 14.5 Å². The lowest BCUT2D eigenvalue weighted by Gasteiger charge is -2.20. The minimum Gasteiger partial charge on any atom is -0.454 e. The van der Waals surface area contributed by atoms with Gasteiger partial charge in [0, 0.05) is 12.6 Å². The fourth-order valence-corrected chi connectivity index (χ4v) is 4.13. The molecule has 3 rings (SSSR count). The van der Waals surface area contributed by atoms with Gasteiger partial charge in [0.05, 0.1) is 21.2 Å². The van der Waals surface area contributed by atoms with Crippen LogP contribution in [0.1, 0.15) is 20.7 Å². The largest absolute Gasteiger partial charge is 0.454 e. The van der Waals surface area contributed by atoms with Crippen molar-refractivity contribution in [2.45, 2.75) is 4.90 Å². The van der Waals surface area contributed by atoms with Crippen molar-refractivity contribution in [3.05, 3.63) is 94.5 Å². The van der Waals surface area contributed by atoms with Gasteiger partial charge in [-0.3, -0.25) is 9.10 Å². The zero-order valence-corrected chi connectivity index (χ0v) is 18.2. The van der Waals surface area contributed by atoms with Crippen molar-refractivity contribution in [3.8, 4) is 0 Å². The number of para-hydroxylation sites is 1. The van der Waals surface area contributed by atoms with Crippen LogP contribution in [0.15, 0.2) is 71.6 Å². The SMILES string of the molecule is CN(c1ccccc1)S(=O)(=O)c1ccc(Cl)c(C(=O)OCC(=O)c2ccc(F)c(F)c2)c1. The second kappa shape index (κ2) is 9.46. The number of carbonyl (C=O) groups excluding carboxylic acids is 2. The lowest BCUT2D eigenvalue weighted by molar-refractivity contribution is 0.0474. The lowest BCUT2D eigenvalue weighted by atomic mass is 10.1. The molecule has 0 aromatic heterocycles. The third-order valence-electron chi connectivity index (χ3n) is 4.51.